The Bertz CT molecular complexity index is 698. The lowest BCUT2D eigenvalue weighted by molar-refractivity contribution is 0.0913. The molecule has 0 spiro atoms. The van der Waals surface area contributed by atoms with Crippen LogP contribution in [0.25, 0.3) is 0 Å². The van der Waals surface area contributed by atoms with E-state index in [2.05, 4.69) is 9.80 Å². The Morgan fingerprint density at radius 3 is 2.48 bits per heavy atom. The highest BCUT2D eigenvalue weighted by molar-refractivity contribution is 7.90. The number of hydrogen-bond donors (Lipinski definition) is 0. The quantitative estimate of drug-likeness (QED) is 0.795. The molecule has 25 heavy (non-hydrogen) atoms. The van der Waals surface area contributed by atoms with Gasteiger partial charge in [-0.1, -0.05) is 12.1 Å². The summed E-state index contributed by atoms with van der Waals surface area (Å²) in [6.45, 7) is 7.58. The van der Waals surface area contributed by atoms with E-state index in [9.17, 15) is 8.42 Å². The molecule has 0 amide bonds. The molecule has 5 nitrogen and oxygen atoms in total. The van der Waals surface area contributed by atoms with E-state index in [1.54, 1.807) is 12.1 Å². The van der Waals surface area contributed by atoms with Crippen LogP contribution in [-0.2, 0) is 21.1 Å². The number of rotatable bonds is 5. The average Bonchev–Trinajstić information content (AvgIpc) is 3.27. The fraction of sp³-hybridized carbons (Fsp3) is 0.684. The number of fused-ring (bicyclic) bond motifs is 1. The minimum Gasteiger partial charge on any atom is -0.376 e. The molecule has 0 aliphatic carbocycles. The van der Waals surface area contributed by atoms with Gasteiger partial charge in [0.1, 0.15) is 0 Å². The minimum atomic E-state index is -3.12. The molecule has 3 fully saturated rings. The van der Waals surface area contributed by atoms with E-state index in [4.69, 9.17) is 4.74 Å². The van der Waals surface area contributed by atoms with Gasteiger partial charge < -0.3 is 9.64 Å². The van der Waals surface area contributed by atoms with Crippen molar-refractivity contribution in [3.05, 3.63) is 29.8 Å². The molecular weight excluding hydrogens is 336 g/mol. The molecule has 0 N–H and O–H groups in total. The molecule has 1 aromatic rings. The van der Waals surface area contributed by atoms with Crippen LogP contribution in [-0.4, -0.2) is 69.9 Å². The Balaban J connectivity index is 1.34. The smallest absolute Gasteiger partial charge is 0.175 e. The fourth-order valence-corrected chi connectivity index (χ4v) is 5.22. The monoisotopic (exact) mass is 364 g/mol. The first-order valence-corrected chi connectivity index (χ1v) is 11.2. The third-order valence-electron chi connectivity index (χ3n) is 5.96. The molecule has 3 atom stereocenters. The third kappa shape index (κ3) is 3.92. The predicted molar refractivity (Wildman–Crippen MR) is 97.2 cm³/mol. The van der Waals surface area contributed by atoms with Gasteiger partial charge in [0.15, 0.2) is 9.84 Å². The Morgan fingerprint density at radius 1 is 1.08 bits per heavy atom. The van der Waals surface area contributed by atoms with E-state index in [0.717, 1.165) is 26.2 Å². The van der Waals surface area contributed by atoms with Gasteiger partial charge in [-0.25, -0.2) is 8.42 Å². The van der Waals surface area contributed by atoms with Crippen LogP contribution in [0.4, 0.5) is 0 Å². The van der Waals surface area contributed by atoms with E-state index in [1.807, 2.05) is 12.1 Å². The van der Waals surface area contributed by atoms with Crippen LogP contribution < -0.4 is 0 Å². The van der Waals surface area contributed by atoms with Crippen molar-refractivity contribution in [1.29, 1.82) is 0 Å². The van der Waals surface area contributed by atoms with E-state index in [1.165, 1.54) is 44.3 Å². The Hall–Kier alpha value is -0.950. The van der Waals surface area contributed by atoms with Crippen molar-refractivity contribution < 1.29 is 13.2 Å². The molecule has 4 rings (SSSR count). The number of hydrogen-bond acceptors (Lipinski definition) is 5. The second kappa shape index (κ2) is 6.99. The van der Waals surface area contributed by atoms with Gasteiger partial charge >= 0.3 is 0 Å². The molecule has 1 aromatic carbocycles. The van der Waals surface area contributed by atoms with Crippen LogP contribution in [0.2, 0.25) is 0 Å². The topological polar surface area (TPSA) is 49.9 Å². The van der Waals surface area contributed by atoms with Crippen molar-refractivity contribution >= 4 is 9.84 Å². The molecule has 3 heterocycles. The fourth-order valence-electron chi connectivity index (χ4n) is 4.59. The molecule has 6 heteroatoms. The largest absolute Gasteiger partial charge is 0.376 e. The van der Waals surface area contributed by atoms with E-state index in [-0.39, 0.29) is 0 Å². The van der Waals surface area contributed by atoms with E-state index >= 15 is 0 Å². The predicted octanol–water partition coefficient (Wildman–Crippen LogP) is 1.63. The first-order valence-electron chi connectivity index (χ1n) is 9.34. The summed E-state index contributed by atoms with van der Waals surface area (Å²) < 4.78 is 29.2. The first-order chi connectivity index (χ1) is 12.0. The summed E-state index contributed by atoms with van der Waals surface area (Å²) in [5.74, 6) is 1.32. The molecule has 3 aliphatic rings. The van der Waals surface area contributed by atoms with Crippen molar-refractivity contribution in [1.82, 2.24) is 9.80 Å². The lowest BCUT2D eigenvalue weighted by Crippen LogP contribution is -2.32. The second-order valence-electron chi connectivity index (χ2n) is 7.91. The van der Waals surface area contributed by atoms with Crippen molar-refractivity contribution in [2.24, 2.45) is 11.8 Å². The Labute approximate surface area is 150 Å². The van der Waals surface area contributed by atoms with Gasteiger partial charge in [-0.15, -0.1) is 0 Å². The zero-order valence-electron chi connectivity index (χ0n) is 14.9. The van der Waals surface area contributed by atoms with Crippen LogP contribution in [0.3, 0.4) is 0 Å². The number of benzene rings is 1. The lowest BCUT2D eigenvalue weighted by Gasteiger charge is -2.24. The summed E-state index contributed by atoms with van der Waals surface area (Å²) in [4.78, 5) is 5.45. The Kier molecular flexibility index (Phi) is 4.88. The van der Waals surface area contributed by atoms with Crippen molar-refractivity contribution in [2.45, 2.75) is 30.4 Å². The van der Waals surface area contributed by atoms with Crippen LogP contribution in [0.1, 0.15) is 18.4 Å². The minimum absolute atomic E-state index is 0.378. The zero-order valence-corrected chi connectivity index (χ0v) is 15.7. The van der Waals surface area contributed by atoms with Gasteiger partial charge in [0.05, 0.1) is 17.6 Å². The van der Waals surface area contributed by atoms with Gasteiger partial charge in [-0.05, 0) is 43.6 Å². The standard InChI is InChI=1S/C19H28N2O3S/c1-25(22,23)17-6-4-15(5-7-17)10-21-12-18-16(14-24-19(18)13-21)11-20-8-2-3-9-20/h4-7,16,18-19H,2-3,8-14H2,1H3/t16-,18+,19+/m1/s1. The van der Waals surface area contributed by atoms with Crippen molar-refractivity contribution in [3.8, 4) is 0 Å². The zero-order chi connectivity index (χ0) is 17.4. The number of nitrogens with zero attached hydrogens (tertiary/aromatic N) is 2. The summed E-state index contributed by atoms with van der Waals surface area (Å²) in [5, 5.41) is 0. The van der Waals surface area contributed by atoms with E-state index in [0.29, 0.717) is 22.8 Å². The van der Waals surface area contributed by atoms with Gasteiger partial charge in [0.2, 0.25) is 0 Å². The van der Waals surface area contributed by atoms with E-state index < -0.39 is 9.84 Å². The van der Waals surface area contributed by atoms with Crippen LogP contribution in [0, 0.1) is 11.8 Å². The normalized spacial score (nSPS) is 30.8. The highest BCUT2D eigenvalue weighted by Crippen LogP contribution is 2.35. The van der Waals surface area contributed by atoms with Gasteiger partial charge in [0.25, 0.3) is 0 Å². The highest BCUT2D eigenvalue weighted by atomic mass is 32.2. The lowest BCUT2D eigenvalue weighted by atomic mass is 9.93. The molecule has 0 unspecified atom stereocenters. The Morgan fingerprint density at radius 2 is 1.80 bits per heavy atom. The van der Waals surface area contributed by atoms with Crippen LogP contribution in [0.5, 0.6) is 0 Å². The average molecular weight is 365 g/mol. The molecule has 0 aromatic heterocycles. The van der Waals surface area contributed by atoms with Crippen molar-refractivity contribution in [2.75, 3.05) is 45.6 Å². The molecule has 3 saturated heterocycles. The molecule has 0 saturated carbocycles. The first kappa shape index (κ1) is 17.5. The summed E-state index contributed by atoms with van der Waals surface area (Å²) in [7, 11) is -3.12. The maximum atomic E-state index is 11.6. The SMILES string of the molecule is CS(=O)(=O)c1ccc(CN2C[C@H]3[C@H](CN4CCCC4)CO[C@H]3C2)cc1. The summed E-state index contributed by atoms with van der Waals surface area (Å²) in [6, 6.07) is 7.31. The third-order valence-corrected chi connectivity index (χ3v) is 7.09. The number of ether oxygens (including phenoxy) is 1. The number of sulfone groups is 1. The maximum absolute atomic E-state index is 11.6. The molecule has 0 bridgehead atoms. The second-order valence-corrected chi connectivity index (χ2v) is 9.93. The molecule has 3 aliphatic heterocycles. The molecule has 0 radical (unpaired) electrons. The van der Waals surface area contributed by atoms with Crippen molar-refractivity contribution in [3.63, 3.8) is 0 Å². The summed E-state index contributed by atoms with van der Waals surface area (Å²) in [5.41, 5.74) is 1.17. The van der Waals surface area contributed by atoms with Gasteiger partial charge in [-0.2, -0.15) is 0 Å². The summed E-state index contributed by atoms with van der Waals surface area (Å²) in [6.07, 6.45) is 4.32. The van der Waals surface area contributed by atoms with Gasteiger partial charge in [-0.3, -0.25) is 4.90 Å². The van der Waals surface area contributed by atoms with Crippen LogP contribution >= 0.6 is 0 Å². The summed E-state index contributed by atoms with van der Waals surface area (Å²) >= 11 is 0. The van der Waals surface area contributed by atoms with Crippen LogP contribution in [0.15, 0.2) is 29.2 Å². The highest BCUT2D eigenvalue weighted by Gasteiger charge is 2.44. The number of likely N-dealkylation sites (tertiary alicyclic amines) is 2. The molecular formula is C19H28N2O3S. The van der Waals surface area contributed by atoms with Gasteiger partial charge in [0, 0.05) is 44.3 Å². The maximum Gasteiger partial charge on any atom is 0.175 e. The molecule has 138 valence electrons.